The van der Waals surface area contributed by atoms with Gasteiger partial charge in [-0.05, 0) is 19.1 Å². The van der Waals surface area contributed by atoms with Crippen molar-refractivity contribution in [2.75, 3.05) is 5.75 Å². The number of hydrogen-bond acceptors (Lipinski definition) is 7. The zero-order valence-electron chi connectivity index (χ0n) is 15.7. The summed E-state index contributed by atoms with van der Waals surface area (Å²) in [6.45, 7) is 2.01. The van der Waals surface area contributed by atoms with Crippen LogP contribution in [0.5, 0.6) is 0 Å². The Morgan fingerprint density at radius 2 is 1.93 bits per heavy atom. The van der Waals surface area contributed by atoms with Crippen molar-refractivity contribution < 1.29 is 13.9 Å². The maximum atomic E-state index is 12.1. The number of carbonyl (C=O) groups is 1. The van der Waals surface area contributed by atoms with Crippen molar-refractivity contribution >= 4 is 17.7 Å². The first-order chi connectivity index (χ1) is 14.2. The van der Waals surface area contributed by atoms with Crippen LogP contribution in [0.25, 0.3) is 17.0 Å². The minimum absolute atomic E-state index is 0.0170. The number of hydrogen-bond donors (Lipinski definition) is 0. The van der Waals surface area contributed by atoms with Crippen LogP contribution < -0.4 is 0 Å². The van der Waals surface area contributed by atoms with Gasteiger partial charge in [-0.3, -0.25) is 9.36 Å². The number of esters is 1. The normalized spacial score (nSPS) is 10.8. The lowest BCUT2D eigenvalue weighted by Gasteiger charge is -2.06. The monoisotopic (exact) mass is 406 g/mol. The van der Waals surface area contributed by atoms with E-state index in [-0.39, 0.29) is 18.3 Å². The van der Waals surface area contributed by atoms with E-state index in [4.69, 9.17) is 9.15 Å². The van der Waals surface area contributed by atoms with Crippen LogP contribution in [0.15, 0.2) is 76.7 Å². The van der Waals surface area contributed by atoms with Gasteiger partial charge in [0.2, 0.25) is 5.89 Å². The quantitative estimate of drug-likeness (QED) is 0.338. The fourth-order valence-corrected chi connectivity index (χ4v) is 3.35. The Hall–Kier alpha value is -3.39. The van der Waals surface area contributed by atoms with Crippen molar-refractivity contribution in [3.05, 3.63) is 78.6 Å². The molecule has 29 heavy (non-hydrogen) atoms. The highest BCUT2D eigenvalue weighted by atomic mass is 32.2. The van der Waals surface area contributed by atoms with Crippen molar-refractivity contribution in [1.82, 2.24) is 19.7 Å². The fourth-order valence-electron chi connectivity index (χ4n) is 2.63. The van der Waals surface area contributed by atoms with E-state index < -0.39 is 0 Å². The number of nitrogens with zero attached hydrogens (tertiary/aromatic N) is 4. The molecule has 0 N–H and O–H groups in total. The molecular weight excluding hydrogens is 388 g/mol. The molecule has 0 atom stereocenters. The number of ether oxygens (including phenoxy) is 1. The maximum absolute atomic E-state index is 12.1. The van der Waals surface area contributed by atoms with E-state index in [0.29, 0.717) is 16.8 Å². The van der Waals surface area contributed by atoms with Crippen LogP contribution in [0.2, 0.25) is 0 Å². The Morgan fingerprint density at radius 3 is 2.72 bits per heavy atom. The second kappa shape index (κ2) is 8.74. The molecule has 0 radical (unpaired) electrons. The average Bonchev–Trinajstić information content (AvgIpc) is 3.42. The summed E-state index contributed by atoms with van der Waals surface area (Å²) in [5, 5.41) is 8.64. The lowest BCUT2D eigenvalue weighted by molar-refractivity contribution is -0.142. The molecule has 4 aromatic rings. The van der Waals surface area contributed by atoms with Crippen molar-refractivity contribution in [2.45, 2.75) is 18.7 Å². The SMILES string of the molecule is Cc1ccc(-n2cnnc2SCC(=O)OCc2ncc(-c3ccccc3)o2)cc1. The Kier molecular flexibility index (Phi) is 5.71. The molecule has 2 aromatic carbocycles. The van der Waals surface area contributed by atoms with Gasteiger partial charge in [0.15, 0.2) is 17.5 Å². The lowest BCUT2D eigenvalue weighted by Crippen LogP contribution is -2.08. The molecule has 2 aromatic heterocycles. The Balaban J connectivity index is 1.31. The van der Waals surface area contributed by atoms with Crippen molar-refractivity contribution in [3.8, 4) is 17.0 Å². The van der Waals surface area contributed by atoms with Crippen LogP contribution in [0.3, 0.4) is 0 Å². The Labute approximate surface area is 171 Å². The molecular formula is C21H18N4O3S. The summed E-state index contributed by atoms with van der Waals surface area (Å²) in [5.74, 6) is 0.715. The van der Waals surface area contributed by atoms with Gasteiger partial charge in [0.05, 0.1) is 11.9 Å². The van der Waals surface area contributed by atoms with Gasteiger partial charge >= 0.3 is 5.97 Å². The lowest BCUT2D eigenvalue weighted by atomic mass is 10.2. The largest absolute Gasteiger partial charge is 0.455 e. The molecule has 0 bridgehead atoms. The van der Waals surface area contributed by atoms with E-state index in [9.17, 15) is 4.79 Å². The third kappa shape index (κ3) is 4.72. The average molecular weight is 406 g/mol. The number of aryl methyl sites for hydroxylation is 1. The Morgan fingerprint density at radius 1 is 1.14 bits per heavy atom. The molecule has 146 valence electrons. The van der Waals surface area contributed by atoms with Gasteiger partial charge in [-0.25, -0.2) is 4.98 Å². The van der Waals surface area contributed by atoms with Crippen LogP contribution in [0.1, 0.15) is 11.5 Å². The standard InChI is InChI=1S/C21H18N4O3S/c1-15-7-9-17(10-8-15)25-14-23-24-21(25)29-13-20(26)27-12-19-22-11-18(28-19)16-5-3-2-4-6-16/h2-11,14H,12-13H2,1H3. The predicted molar refractivity (Wildman–Crippen MR) is 109 cm³/mol. The smallest absolute Gasteiger partial charge is 0.316 e. The van der Waals surface area contributed by atoms with Crippen molar-refractivity contribution in [2.24, 2.45) is 0 Å². The second-order valence-electron chi connectivity index (χ2n) is 6.25. The highest BCUT2D eigenvalue weighted by Crippen LogP contribution is 2.21. The first kappa shape index (κ1) is 18.9. The fraction of sp³-hybridized carbons (Fsp3) is 0.143. The molecule has 4 rings (SSSR count). The van der Waals surface area contributed by atoms with E-state index in [1.54, 1.807) is 12.5 Å². The molecule has 0 aliphatic heterocycles. The van der Waals surface area contributed by atoms with E-state index in [1.807, 2.05) is 66.1 Å². The number of thioether (sulfide) groups is 1. The van der Waals surface area contributed by atoms with E-state index >= 15 is 0 Å². The predicted octanol–water partition coefficient (Wildman–Crippen LogP) is 4.07. The van der Waals surface area contributed by atoms with E-state index in [2.05, 4.69) is 15.2 Å². The summed E-state index contributed by atoms with van der Waals surface area (Å²) >= 11 is 1.26. The molecule has 0 saturated heterocycles. The van der Waals surface area contributed by atoms with Gasteiger partial charge in [0.1, 0.15) is 6.33 Å². The zero-order valence-corrected chi connectivity index (χ0v) is 16.5. The molecule has 0 saturated carbocycles. The maximum Gasteiger partial charge on any atom is 0.316 e. The van der Waals surface area contributed by atoms with Gasteiger partial charge in [0, 0.05) is 11.3 Å². The molecule has 0 aliphatic carbocycles. The Bertz CT molecular complexity index is 1090. The first-order valence-corrected chi connectivity index (χ1v) is 9.93. The highest BCUT2D eigenvalue weighted by molar-refractivity contribution is 7.99. The van der Waals surface area contributed by atoms with E-state index in [1.165, 1.54) is 17.3 Å². The second-order valence-corrected chi connectivity index (χ2v) is 7.20. The summed E-state index contributed by atoms with van der Waals surface area (Å²) in [7, 11) is 0. The van der Waals surface area contributed by atoms with Gasteiger partial charge < -0.3 is 9.15 Å². The summed E-state index contributed by atoms with van der Waals surface area (Å²) < 4.78 is 12.7. The van der Waals surface area contributed by atoms with Crippen LogP contribution in [0.4, 0.5) is 0 Å². The molecule has 8 heteroatoms. The van der Waals surface area contributed by atoms with Gasteiger partial charge in [-0.1, -0.05) is 59.8 Å². The highest BCUT2D eigenvalue weighted by Gasteiger charge is 2.13. The summed E-state index contributed by atoms with van der Waals surface area (Å²) in [5.41, 5.74) is 3.02. The summed E-state index contributed by atoms with van der Waals surface area (Å²) in [4.78, 5) is 16.3. The first-order valence-electron chi connectivity index (χ1n) is 8.94. The molecule has 0 aliphatic rings. The molecule has 0 spiro atoms. The number of rotatable bonds is 7. The van der Waals surface area contributed by atoms with Crippen LogP contribution in [-0.2, 0) is 16.1 Å². The minimum atomic E-state index is -0.382. The molecule has 0 fully saturated rings. The molecule has 0 unspecified atom stereocenters. The van der Waals surface area contributed by atoms with E-state index in [0.717, 1.165) is 11.3 Å². The molecule has 0 amide bonds. The third-order valence-corrected chi connectivity index (χ3v) is 5.03. The zero-order chi connectivity index (χ0) is 20.1. The van der Waals surface area contributed by atoms with Gasteiger partial charge in [-0.15, -0.1) is 10.2 Å². The van der Waals surface area contributed by atoms with Gasteiger partial charge in [0.25, 0.3) is 0 Å². The summed E-state index contributed by atoms with van der Waals surface area (Å²) in [6, 6.07) is 17.6. The van der Waals surface area contributed by atoms with Crippen LogP contribution in [0, 0.1) is 6.92 Å². The third-order valence-electron chi connectivity index (χ3n) is 4.12. The molecule has 7 nitrogen and oxygen atoms in total. The van der Waals surface area contributed by atoms with Crippen molar-refractivity contribution in [1.29, 1.82) is 0 Å². The minimum Gasteiger partial charge on any atom is -0.455 e. The van der Waals surface area contributed by atoms with Crippen molar-refractivity contribution in [3.63, 3.8) is 0 Å². The molecule has 2 heterocycles. The van der Waals surface area contributed by atoms with Gasteiger partial charge in [-0.2, -0.15) is 0 Å². The number of aromatic nitrogens is 4. The van der Waals surface area contributed by atoms with Crippen LogP contribution in [-0.4, -0.2) is 31.5 Å². The summed E-state index contributed by atoms with van der Waals surface area (Å²) in [6.07, 6.45) is 3.24. The topological polar surface area (TPSA) is 83.0 Å². The number of oxazole rings is 1. The number of carbonyl (C=O) groups excluding carboxylic acids is 1. The number of benzene rings is 2. The van der Waals surface area contributed by atoms with Crippen LogP contribution >= 0.6 is 11.8 Å².